The number of allylic oxidation sites excluding steroid dienone is 1. The zero-order valence-electron chi connectivity index (χ0n) is 15.4. The first-order chi connectivity index (χ1) is 12.6. The lowest BCUT2D eigenvalue weighted by Gasteiger charge is -2.28. The molecule has 138 valence electrons. The predicted molar refractivity (Wildman–Crippen MR) is 103 cm³/mol. The molecule has 0 aromatic heterocycles. The Balaban J connectivity index is 1.88. The van der Waals surface area contributed by atoms with Gasteiger partial charge in [-0.05, 0) is 37.5 Å². The summed E-state index contributed by atoms with van der Waals surface area (Å²) in [5, 5.41) is 4.95. The fourth-order valence-corrected chi connectivity index (χ4v) is 3.72. The number of fused-ring (bicyclic) bond motifs is 1. The molecule has 2 aliphatic rings. The molecule has 2 amide bonds. The molecule has 0 saturated carbocycles. The van der Waals surface area contributed by atoms with Crippen molar-refractivity contribution in [2.75, 3.05) is 11.9 Å². The Morgan fingerprint density at radius 3 is 2.88 bits per heavy atom. The van der Waals surface area contributed by atoms with E-state index >= 15 is 0 Å². The van der Waals surface area contributed by atoms with Crippen molar-refractivity contribution in [2.24, 2.45) is 5.92 Å². The molecule has 0 spiro atoms. The normalized spacial score (nSPS) is 27.2. The second-order valence-electron chi connectivity index (χ2n) is 6.84. The molecular weight excluding hydrogens is 328 g/mol. The molecule has 3 atom stereocenters. The highest BCUT2D eigenvalue weighted by atomic mass is 16.5. The quantitative estimate of drug-likeness (QED) is 0.900. The standard InChI is InChI=1S/C21H26N2O3/c1-4-7-16-15(5-2)8-6-9-17(16)22-20(24)18-10-11-19-23(18)21(25)14(3)12-13-26-19/h4-9,14,18-19H,1,10-13H2,2-3H3,(H,22,24)/b15-5-,16-7+. The van der Waals surface area contributed by atoms with Gasteiger partial charge in [-0.2, -0.15) is 0 Å². The van der Waals surface area contributed by atoms with Crippen LogP contribution >= 0.6 is 0 Å². The summed E-state index contributed by atoms with van der Waals surface area (Å²) in [5.74, 6) is -0.264. The molecule has 5 heteroatoms. The van der Waals surface area contributed by atoms with Crippen LogP contribution in [0.25, 0.3) is 12.2 Å². The lowest BCUT2D eigenvalue weighted by Crippen LogP contribution is -2.48. The van der Waals surface area contributed by atoms with Crippen LogP contribution in [0, 0.1) is 5.92 Å². The van der Waals surface area contributed by atoms with E-state index < -0.39 is 6.04 Å². The van der Waals surface area contributed by atoms with E-state index in [0.29, 0.717) is 25.9 Å². The maximum Gasteiger partial charge on any atom is 0.247 e. The lowest BCUT2D eigenvalue weighted by atomic mass is 10.1. The van der Waals surface area contributed by atoms with Gasteiger partial charge >= 0.3 is 0 Å². The van der Waals surface area contributed by atoms with Crippen LogP contribution in [-0.4, -0.2) is 35.6 Å². The van der Waals surface area contributed by atoms with Gasteiger partial charge in [0, 0.05) is 23.4 Å². The molecule has 0 bridgehead atoms. The van der Waals surface area contributed by atoms with Crippen LogP contribution in [-0.2, 0) is 14.3 Å². The fourth-order valence-electron chi connectivity index (χ4n) is 3.72. The van der Waals surface area contributed by atoms with Gasteiger partial charge in [-0.1, -0.05) is 43.9 Å². The molecule has 0 radical (unpaired) electrons. The van der Waals surface area contributed by atoms with Crippen LogP contribution < -0.4 is 15.8 Å². The second-order valence-corrected chi connectivity index (χ2v) is 6.84. The monoisotopic (exact) mass is 354 g/mol. The summed E-state index contributed by atoms with van der Waals surface area (Å²) in [7, 11) is 0. The van der Waals surface area contributed by atoms with E-state index in [2.05, 4.69) is 11.9 Å². The highest BCUT2D eigenvalue weighted by Gasteiger charge is 2.44. The average Bonchev–Trinajstić information content (AvgIpc) is 3.00. The van der Waals surface area contributed by atoms with E-state index in [1.165, 1.54) is 0 Å². The Kier molecular flexibility index (Phi) is 5.57. The molecule has 2 aliphatic heterocycles. The maximum absolute atomic E-state index is 13.0. The number of nitrogens with one attached hydrogen (secondary N) is 1. The number of hydrogen-bond acceptors (Lipinski definition) is 3. The SMILES string of the molecule is C=C/C=c1/c(NC(=O)C2CCC3OCCC(C)C(=O)N32)ccc/c1=C/C. The van der Waals surface area contributed by atoms with E-state index in [-0.39, 0.29) is 24.0 Å². The minimum absolute atomic E-state index is 0.0127. The van der Waals surface area contributed by atoms with E-state index in [0.717, 1.165) is 16.1 Å². The zero-order valence-corrected chi connectivity index (χ0v) is 15.4. The van der Waals surface area contributed by atoms with E-state index in [1.807, 2.05) is 44.2 Å². The maximum atomic E-state index is 13.0. The Bertz CT molecular complexity index is 830. The van der Waals surface area contributed by atoms with Gasteiger partial charge in [0.1, 0.15) is 12.3 Å². The number of anilines is 1. The van der Waals surface area contributed by atoms with Crippen molar-refractivity contribution >= 4 is 29.7 Å². The topological polar surface area (TPSA) is 58.6 Å². The van der Waals surface area contributed by atoms with Crippen LogP contribution in [0.4, 0.5) is 5.69 Å². The fraction of sp³-hybridized carbons (Fsp3) is 0.429. The molecule has 2 fully saturated rings. The highest BCUT2D eigenvalue weighted by molar-refractivity contribution is 5.98. The van der Waals surface area contributed by atoms with Crippen LogP contribution in [0.5, 0.6) is 0 Å². The molecule has 0 aliphatic carbocycles. The molecule has 1 aromatic carbocycles. The summed E-state index contributed by atoms with van der Waals surface area (Å²) in [6.45, 7) is 8.18. The first kappa shape index (κ1) is 18.4. The van der Waals surface area contributed by atoms with Crippen molar-refractivity contribution < 1.29 is 14.3 Å². The number of amides is 2. The minimum Gasteiger partial charge on any atom is -0.358 e. The lowest BCUT2D eigenvalue weighted by molar-refractivity contribution is -0.147. The smallest absolute Gasteiger partial charge is 0.247 e. The van der Waals surface area contributed by atoms with Crippen LogP contribution in [0.2, 0.25) is 0 Å². The third kappa shape index (κ3) is 3.44. The number of benzene rings is 1. The van der Waals surface area contributed by atoms with Crippen LogP contribution in [0.15, 0.2) is 30.9 Å². The van der Waals surface area contributed by atoms with E-state index in [9.17, 15) is 9.59 Å². The van der Waals surface area contributed by atoms with Gasteiger partial charge in [0.2, 0.25) is 11.8 Å². The third-order valence-corrected chi connectivity index (χ3v) is 5.17. The molecule has 3 unspecified atom stereocenters. The average molecular weight is 354 g/mol. The zero-order chi connectivity index (χ0) is 18.7. The van der Waals surface area contributed by atoms with Gasteiger partial charge in [-0.15, -0.1) is 0 Å². The van der Waals surface area contributed by atoms with E-state index in [1.54, 1.807) is 11.0 Å². The van der Waals surface area contributed by atoms with Gasteiger partial charge in [0.25, 0.3) is 0 Å². The Morgan fingerprint density at radius 2 is 2.15 bits per heavy atom. The molecule has 26 heavy (non-hydrogen) atoms. The molecular formula is C21H26N2O3. The van der Waals surface area contributed by atoms with Crippen molar-refractivity contribution in [2.45, 2.75) is 45.4 Å². The second kappa shape index (κ2) is 7.87. The summed E-state index contributed by atoms with van der Waals surface area (Å²) in [4.78, 5) is 27.3. The number of hydrogen-bond donors (Lipinski definition) is 1. The van der Waals surface area contributed by atoms with Crippen molar-refractivity contribution in [3.05, 3.63) is 41.3 Å². The summed E-state index contributed by atoms with van der Waals surface area (Å²) in [6.07, 6.45) is 7.32. The molecule has 1 N–H and O–H groups in total. The van der Waals surface area contributed by atoms with Gasteiger partial charge in [-0.25, -0.2) is 0 Å². The summed E-state index contributed by atoms with van der Waals surface area (Å²) in [6, 6.07) is 5.28. The number of carbonyl (C=O) groups excluding carboxylic acids is 2. The number of nitrogens with zero attached hydrogens (tertiary/aromatic N) is 1. The third-order valence-electron chi connectivity index (χ3n) is 5.17. The molecule has 3 rings (SSSR count). The summed E-state index contributed by atoms with van der Waals surface area (Å²) in [5.41, 5.74) is 0.727. The van der Waals surface area contributed by atoms with Gasteiger partial charge in [-0.3, -0.25) is 9.59 Å². The molecule has 5 nitrogen and oxygen atoms in total. The van der Waals surface area contributed by atoms with Crippen LogP contribution in [0.3, 0.4) is 0 Å². The highest BCUT2D eigenvalue weighted by Crippen LogP contribution is 2.30. The number of rotatable bonds is 3. The summed E-state index contributed by atoms with van der Waals surface area (Å²) < 4.78 is 5.80. The van der Waals surface area contributed by atoms with Crippen LogP contribution in [0.1, 0.15) is 33.1 Å². The number of carbonyl (C=O) groups is 2. The molecule has 2 heterocycles. The van der Waals surface area contributed by atoms with Crippen molar-refractivity contribution in [1.82, 2.24) is 4.90 Å². The minimum atomic E-state index is -0.487. The van der Waals surface area contributed by atoms with E-state index in [4.69, 9.17) is 4.74 Å². The summed E-state index contributed by atoms with van der Waals surface area (Å²) >= 11 is 0. The van der Waals surface area contributed by atoms with Gasteiger partial charge < -0.3 is 15.0 Å². The van der Waals surface area contributed by atoms with Crippen molar-refractivity contribution in [3.8, 4) is 0 Å². The predicted octanol–water partition coefficient (Wildman–Crippen LogP) is 1.77. The van der Waals surface area contributed by atoms with Gasteiger partial charge in [0.15, 0.2) is 0 Å². The molecule has 1 aromatic rings. The first-order valence-corrected chi connectivity index (χ1v) is 9.19. The van der Waals surface area contributed by atoms with Crippen molar-refractivity contribution in [1.29, 1.82) is 0 Å². The first-order valence-electron chi connectivity index (χ1n) is 9.19. The van der Waals surface area contributed by atoms with Crippen molar-refractivity contribution in [3.63, 3.8) is 0 Å². The van der Waals surface area contributed by atoms with Gasteiger partial charge in [0.05, 0.1) is 0 Å². The Labute approximate surface area is 154 Å². The molecule has 2 saturated heterocycles. The Hall–Kier alpha value is -2.40. The Morgan fingerprint density at radius 1 is 1.35 bits per heavy atom. The largest absolute Gasteiger partial charge is 0.358 e. The number of ether oxygens (including phenoxy) is 1.